The summed E-state index contributed by atoms with van der Waals surface area (Å²) in [6.45, 7) is 4.29. The Morgan fingerprint density at radius 3 is 2.42 bits per heavy atom. The molecule has 2 fully saturated rings. The van der Waals surface area contributed by atoms with E-state index in [0.717, 1.165) is 24.7 Å². The Bertz CT molecular complexity index is 833. The van der Waals surface area contributed by atoms with Gasteiger partial charge in [0.2, 0.25) is 0 Å². The molecule has 4 rings (SSSR count). The molecule has 2 aliphatic rings. The first-order valence-electron chi connectivity index (χ1n) is 8.95. The van der Waals surface area contributed by atoms with Gasteiger partial charge in [0.1, 0.15) is 11.6 Å². The van der Waals surface area contributed by atoms with Gasteiger partial charge in [-0.05, 0) is 43.1 Å². The van der Waals surface area contributed by atoms with Crippen LogP contribution in [0, 0.1) is 30.4 Å². The smallest absolute Gasteiger partial charge is 0.254 e. The fourth-order valence-corrected chi connectivity index (χ4v) is 4.67. The highest BCUT2D eigenvalue weighted by Gasteiger charge is 2.47. The van der Waals surface area contributed by atoms with Gasteiger partial charge in [-0.15, -0.1) is 0 Å². The Morgan fingerprint density at radius 1 is 1.04 bits per heavy atom. The summed E-state index contributed by atoms with van der Waals surface area (Å²) in [5.74, 6) is -1.00. The van der Waals surface area contributed by atoms with Gasteiger partial charge in [-0.25, -0.2) is 8.78 Å². The van der Waals surface area contributed by atoms with Crippen molar-refractivity contribution in [2.24, 2.45) is 11.8 Å². The molecule has 2 aromatic carbocycles. The number of amides is 1. The zero-order valence-electron chi connectivity index (χ0n) is 15.0. The van der Waals surface area contributed by atoms with Crippen molar-refractivity contribution in [1.82, 2.24) is 9.80 Å². The molecular weight excluding hydrogens is 334 g/mol. The second kappa shape index (κ2) is 6.47. The monoisotopic (exact) mass is 356 g/mol. The predicted molar refractivity (Wildman–Crippen MR) is 95.8 cm³/mol. The van der Waals surface area contributed by atoms with E-state index in [1.807, 2.05) is 6.07 Å². The number of hydrogen-bond acceptors (Lipinski definition) is 2. The Labute approximate surface area is 152 Å². The van der Waals surface area contributed by atoms with Gasteiger partial charge in [0, 0.05) is 43.2 Å². The largest absolute Gasteiger partial charge is 0.338 e. The average molecular weight is 356 g/mol. The lowest BCUT2D eigenvalue weighted by atomic mass is 9.88. The quantitative estimate of drug-likeness (QED) is 0.820. The third kappa shape index (κ3) is 2.90. The lowest BCUT2D eigenvalue weighted by molar-refractivity contribution is 0.0766. The molecule has 26 heavy (non-hydrogen) atoms. The normalized spacial score (nSPS) is 25.5. The summed E-state index contributed by atoms with van der Waals surface area (Å²) >= 11 is 0. The molecule has 0 aromatic heterocycles. The summed E-state index contributed by atoms with van der Waals surface area (Å²) in [7, 11) is 2.13. The SMILES string of the molecule is Cc1ccccc1[C@@H]1[C@@H]2CN(C(=O)c3cc(F)cc(F)c3)C[C@@H]2CN1C. The third-order valence-corrected chi connectivity index (χ3v) is 5.80. The zero-order chi connectivity index (χ0) is 18.4. The van der Waals surface area contributed by atoms with Crippen molar-refractivity contribution < 1.29 is 13.6 Å². The molecule has 0 N–H and O–H groups in total. The van der Waals surface area contributed by atoms with Crippen LogP contribution in [-0.2, 0) is 0 Å². The summed E-state index contributed by atoms with van der Waals surface area (Å²) in [5.41, 5.74) is 2.64. The van der Waals surface area contributed by atoms with E-state index < -0.39 is 11.6 Å². The van der Waals surface area contributed by atoms with E-state index in [9.17, 15) is 13.6 Å². The van der Waals surface area contributed by atoms with Crippen LogP contribution in [0.1, 0.15) is 27.5 Å². The lowest BCUT2D eigenvalue weighted by Gasteiger charge is -2.28. The summed E-state index contributed by atoms with van der Waals surface area (Å²) in [6.07, 6.45) is 0. The molecule has 1 amide bonds. The molecule has 136 valence electrons. The number of nitrogens with zero attached hydrogens (tertiary/aromatic N) is 2. The van der Waals surface area contributed by atoms with Crippen LogP contribution in [-0.4, -0.2) is 42.4 Å². The number of rotatable bonds is 2. The van der Waals surface area contributed by atoms with E-state index in [4.69, 9.17) is 0 Å². The van der Waals surface area contributed by atoms with E-state index in [1.165, 1.54) is 11.1 Å². The number of fused-ring (bicyclic) bond motifs is 1. The molecule has 0 bridgehead atoms. The molecule has 2 heterocycles. The van der Waals surface area contributed by atoms with Gasteiger partial charge in [-0.2, -0.15) is 0 Å². The molecule has 0 saturated carbocycles. The van der Waals surface area contributed by atoms with Gasteiger partial charge >= 0.3 is 0 Å². The van der Waals surface area contributed by atoms with E-state index in [2.05, 4.69) is 37.1 Å². The van der Waals surface area contributed by atoms with Gasteiger partial charge in [0.25, 0.3) is 5.91 Å². The molecule has 2 aliphatic heterocycles. The van der Waals surface area contributed by atoms with E-state index in [0.29, 0.717) is 24.9 Å². The van der Waals surface area contributed by atoms with E-state index in [-0.39, 0.29) is 17.5 Å². The topological polar surface area (TPSA) is 23.6 Å². The first kappa shape index (κ1) is 17.2. The number of carbonyl (C=O) groups is 1. The maximum atomic E-state index is 13.5. The van der Waals surface area contributed by atoms with Crippen molar-refractivity contribution in [2.75, 3.05) is 26.7 Å². The first-order valence-corrected chi connectivity index (χ1v) is 8.95. The Kier molecular flexibility index (Phi) is 4.27. The van der Waals surface area contributed by atoms with Crippen molar-refractivity contribution >= 4 is 5.91 Å². The minimum absolute atomic E-state index is 0.0864. The van der Waals surface area contributed by atoms with Crippen molar-refractivity contribution in [3.63, 3.8) is 0 Å². The maximum absolute atomic E-state index is 13.5. The molecule has 0 radical (unpaired) electrons. The van der Waals surface area contributed by atoms with Gasteiger partial charge in [-0.1, -0.05) is 24.3 Å². The maximum Gasteiger partial charge on any atom is 0.254 e. The van der Waals surface area contributed by atoms with Crippen molar-refractivity contribution in [3.05, 3.63) is 70.8 Å². The third-order valence-electron chi connectivity index (χ3n) is 5.80. The van der Waals surface area contributed by atoms with Crippen LogP contribution in [0.15, 0.2) is 42.5 Å². The molecule has 0 unspecified atom stereocenters. The molecule has 0 aliphatic carbocycles. The Hall–Kier alpha value is -2.27. The molecule has 0 spiro atoms. The molecule has 2 aromatic rings. The summed E-state index contributed by atoms with van der Waals surface area (Å²) in [6, 6.07) is 11.6. The van der Waals surface area contributed by atoms with Crippen LogP contribution < -0.4 is 0 Å². The number of benzene rings is 2. The highest BCUT2D eigenvalue weighted by molar-refractivity contribution is 5.94. The van der Waals surface area contributed by atoms with Gasteiger partial charge in [-0.3, -0.25) is 9.69 Å². The zero-order valence-corrected chi connectivity index (χ0v) is 15.0. The minimum Gasteiger partial charge on any atom is -0.338 e. The number of aryl methyl sites for hydroxylation is 1. The number of hydrogen-bond donors (Lipinski definition) is 0. The van der Waals surface area contributed by atoms with E-state index in [1.54, 1.807) is 4.90 Å². The van der Waals surface area contributed by atoms with Crippen LogP contribution in [0.5, 0.6) is 0 Å². The standard InChI is InChI=1S/C21H22F2N2O/c1-13-5-3-4-6-18(13)20-19-12-25(11-15(19)10-24(20)2)21(26)14-7-16(22)9-17(23)8-14/h3-9,15,19-20H,10-12H2,1-2H3/t15-,19+,20+/m0/s1. The average Bonchev–Trinajstić information content (AvgIpc) is 3.11. The fourth-order valence-electron chi connectivity index (χ4n) is 4.67. The van der Waals surface area contributed by atoms with Crippen molar-refractivity contribution in [3.8, 4) is 0 Å². The van der Waals surface area contributed by atoms with Crippen molar-refractivity contribution in [1.29, 1.82) is 0 Å². The van der Waals surface area contributed by atoms with Crippen LogP contribution in [0.4, 0.5) is 8.78 Å². The molecular formula is C21H22F2N2O. The summed E-state index contributed by atoms with van der Waals surface area (Å²) in [5, 5.41) is 0. The molecule has 5 heteroatoms. The second-order valence-corrected chi connectivity index (χ2v) is 7.53. The highest BCUT2D eigenvalue weighted by atomic mass is 19.1. The minimum atomic E-state index is -0.717. The molecule has 3 atom stereocenters. The van der Waals surface area contributed by atoms with Gasteiger partial charge in [0.15, 0.2) is 0 Å². The van der Waals surface area contributed by atoms with Crippen molar-refractivity contribution in [2.45, 2.75) is 13.0 Å². The van der Waals surface area contributed by atoms with Gasteiger partial charge < -0.3 is 4.90 Å². The summed E-state index contributed by atoms with van der Waals surface area (Å²) < 4.78 is 26.9. The fraction of sp³-hybridized carbons (Fsp3) is 0.381. The van der Waals surface area contributed by atoms with Gasteiger partial charge in [0.05, 0.1) is 0 Å². The number of halogens is 2. The second-order valence-electron chi connectivity index (χ2n) is 7.53. The van der Waals surface area contributed by atoms with Crippen LogP contribution >= 0.6 is 0 Å². The molecule has 2 saturated heterocycles. The molecule has 3 nitrogen and oxygen atoms in total. The van der Waals surface area contributed by atoms with Crippen LogP contribution in [0.2, 0.25) is 0 Å². The Morgan fingerprint density at radius 2 is 1.73 bits per heavy atom. The van der Waals surface area contributed by atoms with E-state index >= 15 is 0 Å². The highest BCUT2D eigenvalue weighted by Crippen LogP contribution is 2.45. The number of carbonyl (C=O) groups excluding carboxylic acids is 1. The predicted octanol–water partition coefficient (Wildman–Crippen LogP) is 3.65. The Balaban J connectivity index is 1.58. The lowest BCUT2D eigenvalue weighted by Crippen LogP contribution is -2.33. The van der Waals surface area contributed by atoms with Crippen LogP contribution in [0.3, 0.4) is 0 Å². The number of likely N-dealkylation sites (tertiary alicyclic amines) is 2. The summed E-state index contributed by atoms with van der Waals surface area (Å²) in [4.78, 5) is 16.9. The first-order chi connectivity index (χ1) is 12.4. The van der Waals surface area contributed by atoms with Crippen LogP contribution in [0.25, 0.3) is 0 Å².